The van der Waals surface area contributed by atoms with Gasteiger partial charge in [0.1, 0.15) is 0 Å². The van der Waals surface area contributed by atoms with E-state index in [1.54, 1.807) is 0 Å². The van der Waals surface area contributed by atoms with Gasteiger partial charge in [-0.15, -0.1) is 0 Å². The van der Waals surface area contributed by atoms with Crippen molar-refractivity contribution in [3.05, 3.63) is 23.3 Å². The van der Waals surface area contributed by atoms with Crippen LogP contribution in [0.15, 0.2) is 23.3 Å². The van der Waals surface area contributed by atoms with Gasteiger partial charge in [-0.1, -0.05) is 51.7 Å². The lowest BCUT2D eigenvalue weighted by Gasteiger charge is -2.11. The molecule has 0 aromatic carbocycles. The zero-order chi connectivity index (χ0) is 16.9. The molecule has 1 aliphatic rings. The molecule has 0 radical (unpaired) electrons. The zero-order valence-electron chi connectivity index (χ0n) is 14.6. The lowest BCUT2D eigenvalue weighted by atomic mass is 10.1. The van der Waals surface area contributed by atoms with Gasteiger partial charge in [0.15, 0.2) is 0 Å². The van der Waals surface area contributed by atoms with Crippen LogP contribution >= 0.6 is 0 Å². The predicted molar refractivity (Wildman–Crippen MR) is 91.0 cm³/mol. The third-order valence-electron chi connectivity index (χ3n) is 3.80. The fourth-order valence-electron chi connectivity index (χ4n) is 2.41. The number of ether oxygens (including phenoxy) is 2. The van der Waals surface area contributed by atoms with Crippen molar-refractivity contribution in [1.82, 2.24) is 0 Å². The summed E-state index contributed by atoms with van der Waals surface area (Å²) >= 11 is 0. The van der Waals surface area contributed by atoms with Gasteiger partial charge in [0.25, 0.3) is 0 Å². The summed E-state index contributed by atoms with van der Waals surface area (Å²) in [6, 6.07) is 0. The Kier molecular flexibility index (Phi) is 10.1. The van der Waals surface area contributed by atoms with E-state index in [2.05, 4.69) is 13.8 Å². The average molecular weight is 322 g/mol. The minimum absolute atomic E-state index is 0.375. The molecule has 0 unspecified atom stereocenters. The molecule has 0 heterocycles. The number of hydrogen-bond acceptors (Lipinski definition) is 4. The number of esters is 2. The van der Waals surface area contributed by atoms with Gasteiger partial charge in [0, 0.05) is 0 Å². The summed E-state index contributed by atoms with van der Waals surface area (Å²) in [7, 11) is 0. The van der Waals surface area contributed by atoms with Crippen molar-refractivity contribution in [1.29, 1.82) is 0 Å². The fourth-order valence-corrected chi connectivity index (χ4v) is 2.41. The Labute approximate surface area is 139 Å². The summed E-state index contributed by atoms with van der Waals surface area (Å²) in [6.07, 6.45) is 12.1. The molecule has 0 saturated carbocycles. The Morgan fingerprint density at radius 2 is 1.26 bits per heavy atom. The van der Waals surface area contributed by atoms with Crippen molar-refractivity contribution in [3.63, 3.8) is 0 Å². The second kappa shape index (κ2) is 11.9. The van der Waals surface area contributed by atoms with Crippen LogP contribution in [0.5, 0.6) is 0 Å². The summed E-state index contributed by atoms with van der Waals surface area (Å²) in [5.41, 5.74) is 0.749. The molecule has 0 spiro atoms. The first kappa shape index (κ1) is 19.5. The molecule has 1 rings (SSSR count). The van der Waals surface area contributed by atoms with Crippen LogP contribution in [0.4, 0.5) is 0 Å². The highest BCUT2D eigenvalue weighted by molar-refractivity contribution is 6.07. The van der Waals surface area contributed by atoms with Crippen LogP contribution in [0.3, 0.4) is 0 Å². The van der Waals surface area contributed by atoms with Crippen LogP contribution < -0.4 is 0 Å². The molecular weight excluding hydrogens is 292 g/mol. The fraction of sp³-hybridized carbons (Fsp3) is 0.684. The van der Waals surface area contributed by atoms with E-state index in [4.69, 9.17) is 9.47 Å². The van der Waals surface area contributed by atoms with Crippen molar-refractivity contribution in [2.24, 2.45) is 0 Å². The van der Waals surface area contributed by atoms with E-state index in [1.165, 1.54) is 0 Å². The normalized spacial score (nSPS) is 14.5. The van der Waals surface area contributed by atoms with E-state index in [9.17, 15) is 9.59 Å². The van der Waals surface area contributed by atoms with E-state index in [1.807, 2.05) is 12.2 Å². The largest absolute Gasteiger partial charge is 0.462 e. The lowest BCUT2D eigenvalue weighted by Crippen LogP contribution is -2.18. The molecule has 0 atom stereocenters. The maximum Gasteiger partial charge on any atom is 0.338 e. The maximum atomic E-state index is 12.3. The summed E-state index contributed by atoms with van der Waals surface area (Å²) in [5.74, 6) is -0.806. The quantitative estimate of drug-likeness (QED) is 0.439. The molecule has 4 heteroatoms. The highest BCUT2D eigenvalue weighted by Gasteiger charge is 2.24. The number of unbranched alkanes of at least 4 members (excludes halogenated alkanes) is 4. The van der Waals surface area contributed by atoms with Crippen molar-refractivity contribution in [2.45, 2.75) is 71.6 Å². The van der Waals surface area contributed by atoms with Crippen molar-refractivity contribution >= 4 is 11.9 Å². The molecule has 23 heavy (non-hydrogen) atoms. The zero-order valence-corrected chi connectivity index (χ0v) is 14.6. The van der Waals surface area contributed by atoms with Crippen LogP contribution in [0, 0.1) is 0 Å². The first-order chi connectivity index (χ1) is 11.2. The number of carbonyl (C=O) groups is 2. The number of carbonyl (C=O) groups excluding carboxylic acids is 2. The SMILES string of the molecule is CCCCCOC(=O)C1=CCCCC=C1C(=O)OCCCCC. The van der Waals surface area contributed by atoms with Crippen molar-refractivity contribution < 1.29 is 19.1 Å². The number of rotatable bonds is 10. The first-order valence-corrected chi connectivity index (χ1v) is 8.95. The molecule has 130 valence electrons. The molecule has 0 N–H and O–H groups in total. The highest BCUT2D eigenvalue weighted by atomic mass is 16.5. The summed E-state index contributed by atoms with van der Waals surface area (Å²) in [4.78, 5) is 24.5. The van der Waals surface area contributed by atoms with Gasteiger partial charge in [0.05, 0.1) is 24.4 Å². The molecule has 0 amide bonds. The van der Waals surface area contributed by atoms with Crippen LogP contribution in [0.25, 0.3) is 0 Å². The lowest BCUT2D eigenvalue weighted by molar-refractivity contribution is -0.142. The number of allylic oxidation sites excluding steroid dienone is 2. The Hall–Kier alpha value is -1.58. The van der Waals surface area contributed by atoms with E-state index in [0.29, 0.717) is 24.4 Å². The van der Waals surface area contributed by atoms with Crippen LogP contribution in [0.2, 0.25) is 0 Å². The Bertz CT molecular complexity index is 395. The van der Waals surface area contributed by atoms with E-state index in [-0.39, 0.29) is 0 Å². The topological polar surface area (TPSA) is 52.6 Å². The third kappa shape index (κ3) is 7.49. The molecule has 0 bridgehead atoms. The minimum Gasteiger partial charge on any atom is -0.462 e. The maximum absolute atomic E-state index is 12.3. The molecule has 0 aliphatic heterocycles. The minimum atomic E-state index is -0.403. The van der Waals surface area contributed by atoms with Gasteiger partial charge < -0.3 is 9.47 Å². The molecular formula is C19H30O4. The van der Waals surface area contributed by atoms with Crippen LogP contribution in [-0.2, 0) is 19.1 Å². The van der Waals surface area contributed by atoms with Crippen molar-refractivity contribution in [3.8, 4) is 0 Å². The summed E-state index contributed by atoms with van der Waals surface area (Å²) < 4.78 is 10.6. The molecule has 1 aliphatic carbocycles. The van der Waals surface area contributed by atoms with E-state index >= 15 is 0 Å². The molecule has 0 aromatic rings. The van der Waals surface area contributed by atoms with Crippen molar-refractivity contribution in [2.75, 3.05) is 13.2 Å². The second-order valence-corrected chi connectivity index (χ2v) is 5.85. The molecule has 0 fully saturated rings. The Balaban J connectivity index is 2.60. The summed E-state index contributed by atoms with van der Waals surface area (Å²) in [5, 5.41) is 0. The smallest absolute Gasteiger partial charge is 0.338 e. The predicted octanol–water partition coefficient (Wildman–Crippen LogP) is 4.49. The van der Waals surface area contributed by atoms with Gasteiger partial charge in [-0.05, 0) is 32.1 Å². The highest BCUT2D eigenvalue weighted by Crippen LogP contribution is 2.21. The van der Waals surface area contributed by atoms with Crippen LogP contribution in [-0.4, -0.2) is 25.2 Å². The van der Waals surface area contributed by atoms with Gasteiger partial charge in [-0.3, -0.25) is 0 Å². The molecule has 0 aromatic heterocycles. The average Bonchev–Trinajstić information content (AvgIpc) is 2.81. The first-order valence-electron chi connectivity index (χ1n) is 8.95. The van der Waals surface area contributed by atoms with E-state index in [0.717, 1.165) is 57.8 Å². The van der Waals surface area contributed by atoms with E-state index < -0.39 is 11.9 Å². The van der Waals surface area contributed by atoms with Gasteiger partial charge in [-0.25, -0.2) is 9.59 Å². The van der Waals surface area contributed by atoms with Crippen LogP contribution in [0.1, 0.15) is 71.6 Å². The van der Waals surface area contributed by atoms with Gasteiger partial charge in [-0.2, -0.15) is 0 Å². The number of hydrogen-bond donors (Lipinski definition) is 0. The third-order valence-corrected chi connectivity index (χ3v) is 3.80. The second-order valence-electron chi connectivity index (χ2n) is 5.85. The Morgan fingerprint density at radius 1 is 0.826 bits per heavy atom. The Morgan fingerprint density at radius 3 is 1.65 bits per heavy atom. The molecule has 0 saturated heterocycles. The standard InChI is InChI=1S/C19H30O4/c1-3-5-10-14-22-18(20)16-12-8-7-9-13-17(16)19(21)23-15-11-6-4-2/h12-13H,3-11,14-15H2,1-2H3. The van der Waals surface area contributed by atoms with Gasteiger partial charge in [0.2, 0.25) is 0 Å². The monoisotopic (exact) mass is 322 g/mol. The molecule has 4 nitrogen and oxygen atoms in total. The van der Waals surface area contributed by atoms with Gasteiger partial charge >= 0.3 is 11.9 Å². The summed E-state index contributed by atoms with van der Waals surface area (Å²) in [6.45, 7) is 5.02.